The van der Waals surface area contributed by atoms with Crippen LogP contribution in [-0.2, 0) is 6.54 Å². The van der Waals surface area contributed by atoms with Gasteiger partial charge in [0.2, 0.25) is 0 Å². The Hall–Kier alpha value is -1.03. The van der Waals surface area contributed by atoms with Crippen LogP contribution in [0.5, 0.6) is 5.75 Å². The molecule has 1 aromatic heterocycles. The fourth-order valence-corrected chi connectivity index (χ4v) is 4.61. The highest BCUT2D eigenvalue weighted by Gasteiger charge is 2.40. The van der Waals surface area contributed by atoms with Crippen molar-refractivity contribution in [2.75, 3.05) is 14.2 Å². The van der Waals surface area contributed by atoms with Gasteiger partial charge in [-0.1, -0.05) is 13.3 Å². The Morgan fingerprint density at radius 1 is 1.43 bits per heavy atom. The van der Waals surface area contributed by atoms with Gasteiger partial charge in [-0.15, -0.1) is 0 Å². The summed E-state index contributed by atoms with van der Waals surface area (Å²) < 4.78 is 7.69. The molecular weight excluding hydrogens is 262 g/mol. The number of nitrogens with one attached hydrogen (secondary N) is 1. The summed E-state index contributed by atoms with van der Waals surface area (Å²) in [5.41, 5.74) is 1.24. The van der Waals surface area contributed by atoms with Crippen LogP contribution in [0.2, 0.25) is 0 Å². The van der Waals surface area contributed by atoms with Crippen LogP contribution >= 0.6 is 0 Å². The maximum Gasteiger partial charge on any atom is 0.161 e. The van der Waals surface area contributed by atoms with E-state index in [0.29, 0.717) is 6.04 Å². The van der Waals surface area contributed by atoms with Crippen LogP contribution in [0.4, 0.5) is 0 Å². The molecule has 2 aliphatic carbocycles. The van der Waals surface area contributed by atoms with Gasteiger partial charge in [-0.3, -0.25) is 4.68 Å². The van der Waals surface area contributed by atoms with Crippen LogP contribution in [0.15, 0.2) is 6.20 Å². The van der Waals surface area contributed by atoms with Crippen LogP contribution in [-0.4, -0.2) is 23.9 Å². The molecule has 2 saturated carbocycles. The van der Waals surface area contributed by atoms with Crippen molar-refractivity contribution in [1.29, 1.82) is 0 Å². The monoisotopic (exact) mass is 291 g/mol. The predicted octanol–water partition coefficient (Wildman–Crippen LogP) is 3.39. The highest BCUT2D eigenvalue weighted by Crippen LogP contribution is 2.51. The zero-order chi connectivity index (χ0) is 14.8. The Labute approximate surface area is 128 Å². The molecule has 1 aromatic rings. The molecule has 0 aliphatic heterocycles. The summed E-state index contributed by atoms with van der Waals surface area (Å²) in [4.78, 5) is 0. The van der Waals surface area contributed by atoms with E-state index in [1.807, 2.05) is 6.20 Å². The maximum atomic E-state index is 5.56. The minimum atomic E-state index is 0.360. The number of fused-ring (bicyclic) bond motifs is 2. The minimum absolute atomic E-state index is 0.360. The Morgan fingerprint density at radius 2 is 2.29 bits per heavy atom. The molecule has 4 nitrogen and oxygen atoms in total. The number of hydrogen-bond donors (Lipinski definition) is 1. The highest BCUT2D eigenvalue weighted by atomic mass is 16.5. The van der Waals surface area contributed by atoms with Crippen molar-refractivity contribution in [2.45, 2.75) is 58.0 Å². The van der Waals surface area contributed by atoms with Crippen molar-refractivity contribution in [1.82, 2.24) is 15.1 Å². The molecule has 0 spiro atoms. The summed E-state index contributed by atoms with van der Waals surface area (Å²) in [6, 6.07) is 0.360. The molecule has 3 rings (SSSR count). The second-order valence-corrected chi connectivity index (χ2v) is 6.83. The Balaban J connectivity index is 1.77. The van der Waals surface area contributed by atoms with Crippen molar-refractivity contribution < 1.29 is 4.74 Å². The van der Waals surface area contributed by atoms with Crippen molar-refractivity contribution in [3.8, 4) is 5.75 Å². The van der Waals surface area contributed by atoms with Crippen LogP contribution in [0, 0.1) is 17.8 Å². The van der Waals surface area contributed by atoms with E-state index in [1.54, 1.807) is 7.11 Å². The third-order valence-corrected chi connectivity index (χ3v) is 5.60. The smallest absolute Gasteiger partial charge is 0.161 e. The second-order valence-electron chi connectivity index (χ2n) is 6.83. The van der Waals surface area contributed by atoms with Crippen molar-refractivity contribution in [3.63, 3.8) is 0 Å². The lowest BCUT2D eigenvalue weighted by atomic mass is 9.83. The van der Waals surface area contributed by atoms with E-state index >= 15 is 0 Å². The third-order valence-electron chi connectivity index (χ3n) is 5.60. The lowest BCUT2D eigenvalue weighted by Crippen LogP contribution is -2.25. The number of aromatic nitrogens is 2. The van der Waals surface area contributed by atoms with Gasteiger partial charge in [-0.25, -0.2) is 0 Å². The van der Waals surface area contributed by atoms with Gasteiger partial charge in [-0.2, -0.15) is 5.10 Å². The lowest BCUT2D eigenvalue weighted by Gasteiger charge is -2.27. The number of aryl methyl sites for hydroxylation is 1. The molecule has 4 unspecified atom stereocenters. The molecule has 2 aliphatic rings. The van der Waals surface area contributed by atoms with Crippen LogP contribution in [0.1, 0.15) is 57.2 Å². The lowest BCUT2D eigenvalue weighted by molar-refractivity contribution is 0.274. The van der Waals surface area contributed by atoms with Gasteiger partial charge in [0.15, 0.2) is 5.75 Å². The summed E-state index contributed by atoms with van der Waals surface area (Å²) in [6.07, 6.45) is 10.0. The number of rotatable bonds is 7. The normalized spacial score (nSPS) is 29.0. The highest BCUT2D eigenvalue weighted by molar-refractivity contribution is 5.28. The average molecular weight is 291 g/mol. The van der Waals surface area contributed by atoms with E-state index < -0.39 is 0 Å². The van der Waals surface area contributed by atoms with E-state index in [0.717, 1.165) is 36.5 Å². The van der Waals surface area contributed by atoms with E-state index in [-0.39, 0.29) is 0 Å². The third kappa shape index (κ3) is 2.83. The van der Waals surface area contributed by atoms with Gasteiger partial charge in [-0.05, 0) is 56.9 Å². The van der Waals surface area contributed by atoms with Gasteiger partial charge in [0.05, 0.1) is 25.0 Å². The van der Waals surface area contributed by atoms with Gasteiger partial charge in [0.25, 0.3) is 0 Å². The van der Waals surface area contributed by atoms with Gasteiger partial charge in [0, 0.05) is 6.54 Å². The molecule has 2 fully saturated rings. The van der Waals surface area contributed by atoms with Gasteiger partial charge < -0.3 is 10.1 Å². The summed E-state index contributed by atoms with van der Waals surface area (Å²) in [5, 5.41) is 8.04. The minimum Gasteiger partial charge on any atom is -0.493 e. The average Bonchev–Trinajstić information content (AvgIpc) is 3.20. The first kappa shape index (κ1) is 14.9. The quantitative estimate of drug-likeness (QED) is 0.837. The standard InChI is InChI=1S/C17H29N3O/c1-4-7-20-17(16(21-3)11-19-20)15(18-2)10-14-9-12-5-6-13(14)8-12/h11-15,18H,4-10H2,1-3H3. The van der Waals surface area contributed by atoms with Crippen LogP contribution in [0.3, 0.4) is 0 Å². The van der Waals surface area contributed by atoms with Crippen molar-refractivity contribution >= 4 is 0 Å². The summed E-state index contributed by atoms with van der Waals surface area (Å²) in [7, 11) is 3.82. The summed E-state index contributed by atoms with van der Waals surface area (Å²) in [6.45, 7) is 3.16. The van der Waals surface area contributed by atoms with Crippen molar-refractivity contribution in [2.24, 2.45) is 17.8 Å². The molecular formula is C17H29N3O. The maximum absolute atomic E-state index is 5.56. The van der Waals surface area contributed by atoms with Gasteiger partial charge >= 0.3 is 0 Å². The molecule has 21 heavy (non-hydrogen) atoms. The molecule has 0 saturated heterocycles. The topological polar surface area (TPSA) is 39.1 Å². The summed E-state index contributed by atoms with van der Waals surface area (Å²) in [5.74, 6) is 3.81. The van der Waals surface area contributed by atoms with E-state index in [2.05, 4.69) is 29.1 Å². The number of ether oxygens (including phenoxy) is 1. The Morgan fingerprint density at radius 3 is 2.86 bits per heavy atom. The van der Waals surface area contributed by atoms with Gasteiger partial charge in [0.1, 0.15) is 0 Å². The predicted molar refractivity (Wildman–Crippen MR) is 84.4 cm³/mol. The first-order chi connectivity index (χ1) is 10.3. The van der Waals surface area contributed by atoms with E-state index in [4.69, 9.17) is 4.74 Å². The Bertz CT molecular complexity index is 471. The fraction of sp³-hybridized carbons (Fsp3) is 0.824. The number of hydrogen-bond acceptors (Lipinski definition) is 3. The molecule has 0 amide bonds. The SMILES string of the molecule is CCCn1ncc(OC)c1C(CC1CC2CCC1C2)NC. The molecule has 0 aromatic carbocycles. The van der Waals surface area contributed by atoms with Crippen LogP contribution in [0.25, 0.3) is 0 Å². The van der Waals surface area contributed by atoms with E-state index in [9.17, 15) is 0 Å². The van der Waals surface area contributed by atoms with Crippen LogP contribution < -0.4 is 10.1 Å². The summed E-state index contributed by atoms with van der Waals surface area (Å²) >= 11 is 0. The van der Waals surface area contributed by atoms with E-state index in [1.165, 1.54) is 37.8 Å². The Kier molecular flexibility index (Phi) is 4.53. The molecule has 4 heteroatoms. The zero-order valence-corrected chi connectivity index (χ0v) is 13.6. The first-order valence-corrected chi connectivity index (χ1v) is 8.53. The molecule has 0 radical (unpaired) electrons. The fourth-order valence-electron chi connectivity index (χ4n) is 4.61. The zero-order valence-electron chi connectivity index (χ0n) is 13.6. The molecule has 2 bridgehead atoms. The second kappa shape index (κ2) is 6.39. The molecule has 4 atom stereocenters. The number of methoxy groups -OCH3 is 1. The van der Waals surface area contributed by atoms with Crippen molar-refractivity contribution in [3.05, 3.63) is 11.9 Å². The number of nitrogens with zero attached hydrogens (tertiary/aromatic N) is 2. The first-order valence-electron chi connectivity index (χ1n) is 8.53. The molecule has 118 valence electrons. The molecule has 1 heterocycles. The largest absolute Gasteiger partial charge is 0.493 e. The molecule has 1 N–H and O–H groups in total.